The maximum Gasteiger partial charge on any atom is 0.148 e. The molecule has 0 heterocycles. The van der Waals surface area contributed by atoms with Gasteiger partial charge >= 0.3 is 0 Å². The molecule has 2 aliphatic carbocycles. The predicted molar refractivity (Wildman–Crippen MR) is 63.5 cm³/mol. The van der Waals surface area contributed by atoms with Crippen molar-refractivity contribution in [1.29, 1.82) is 0 Å². The molecule has 0 nitrogen and oxygen atoms in total. The molecule has 0 aromatic rings. The highest BCUT2D eigenvalue weighted by molar-refractivity contribution is 6.45. The first-order chi connectivity index (χ1) is 6.62. The lowest BCUT2D eigenvalue weighted by molar-refractivity contribution is 0.621. The van der Waals surface area contributed by atoms with E-state index in [1.165, 1.54) is 24.7 Å². The Hall–Kier alpha value is -0.715. The minimum absolute atomic E-state index is 0.232. The Balaban J connectivity index is 2.47. The Morgan fingerprint density at radius 3 is 2.79 bits per heavy atom. The second kappa shape index (κ2) is 3.45. The quantitative estimate of drug-likeness (QED) is 0.546. The predicted octanol–water partition coefficient (Wildman–Crippen LogP) is 3.70. The Labute approximate surface area is 88.0 Å². The van der Waals surface area contributed by atoms with Gasteiger partial charge < -0.3 is 0 Å². The summed E-state index contributed by atoms with van der Waals surface area (Å²) < 4.78 is 0. The van der Waals surface area contributed by atoms with Crippen molar-refractivity contribution < 1.29 is 0 Å². The maximum absolute atomic E-state index is 2.45. The molecule has 0 aromatic carbocycles. The van der Waals surface area contributed by atoms with E-state index in [9.17, 15) is 0 Å². The van der Waals surface area contributed by atoms with Crippen molar-refractivity contribution in [3.05, 3.63) is 34.8 Å². The van der Waals surface area contributed by atoms with E-state index in [1.807, 2.05) is 0 Å². The fourth-order valence-corrected chi connectivity index (χ4v) is 2.43. The van der Waals surface area contributed by atoms with Gasteiger partial charge in [-0.25, -0.2) is 0 Å². The van der Waals surface area contributed by atoms with Crippen LogP contribution in [-0.4, -0.2) is 7.28 Å². The maximum atomic E-state index is 2.45. The van der Waals surface area contributed by atoms with Crippen LogP contribution < -0.4 is 0 Å². The molecular formula is C13H18B. The van der Waals surface area contributed by atoms with Crippen LogP contribution >= 0.6 is 0 Å². The van der Waals surface area contributed by atoms with Gasteiger partial charge in [-0.1, -0.05) is 49.9 Å². The molecule has 0 bridgehead atoms. The zero-order valence-electron chi connectivity index (χ0n) is 9.43. The van der Waals surface area contributed by atoms with Crippen LogP contribution in [0.4, 0.5) is 0 Å². The fourth-order valence-electron chi connectivity index (χ4n) is 2.43. The number of allylic oxidation sites excluding steroid dienone is 6. The van der Waals surface area contributed by atoms with Crippen LogP contribution in [0.1, 0.15) is 33.1 Å². The third-order valence-electron chi connectivity index (χ3n) is 3.16. The highest BCUT2D eigenvalue weighted by Crippen LogP contribution is 2.38. The number of hydrogen-bond acceptors (Lipinski definition) is 0. The molecular weight excluding hydrogens is 167 g/mol. The molecule has 0 aromatic heterocycles. The molecule has 1 radical (unpaired) electrons. The molecule has 1 saturated carbocycles. The van der Waals surface area contributed by atoms with E-state index in [2.05, 4.69) is 46.2 Å². The van der Waals surface area contributed by atoms with Crippen molar-refractivity contribution in [1.82, 2.24) is 0 Å². The van der Waals surface area contributed by atoms with Crippen LogP contribution in [0.3, 0.4) is 0 Å². The van der Waals surface area contributed by atoms with E-state index in [4.69, 9.17) is 0 Å². The normalized spacial score (nSPS) is 24.4. The van der Waals surface area contributed by atoms with Gasteiger partial charge in [0.15, 0.2) is 0 Å². The van der Waals surface area contributed by atoms with Crippen molar-refractivity contribution in [2.45, 2.75) is 39.9 Å². The summed E-state index contributed by atoms with van der Waals surface area (Å²) in [5.41, 5.74) is 4.86. The highest BCUT2D eigenvalue weighted by Gasteiger charge is 2.22. The van der Waals surface area contributed by atoms with Crippen LogP contribution in [0, 0.1) is 5.41 Å². The second-order valence-electron chi connectivity index (χ2n) is 4.90. The molecule has 0 aliphatic heterocycles. The van der Waals surface area contributed by atoms with Gasteiger partial charge in [-0.05, 0) is 24.8 Å². The van der Waals surface area contributed by atoms with Gasteiger partial charge in [0.1, 0.15) is 7.28 Å². The molecule has 0 amide bonds. The van der Waals surface area contributed by atoms with E-state index in [0.717, 1.165) is 0 Å². The first-order valence-electron chi connectivity index (χ1n) is 5.56. The number of fused-ring (bicyclic) bond motifs is 1. The Morgan fingerprint density at radius 1 is 1.29 bits per heavy atom. The van der Waals surface area contributed by atoms with Gasteiger partial charge in [-0.2, -0.15) is 0 Å². The topological polar surface area (TPSA) is 0 Å². The molecule has 0 unspecified atom stereocenters. The van der Waals surface area contributed by atoms with E-state index in [1.54, 1.807) is 11.1 Å². The number of hydrogen-bond donors (Lipinski definition) is 0. The van der Waals surface area contributed by atoms with Crippen LogP contribution in [-0.2, 0) is 0 Å². The molecule has 0 saturated heterocycles. The summed E-state index contributed by atoms with van der Waals surface area (Å²) in [6, 6.07) is 0. The third-order valence-corrected chi connectivity index (χ3v) is 3.16. The summed E-state index contributed by atoms with van der Waals surface area (Å²) in [6.45, 7) is 6.71. The molecule has 1 fully saturated rings. The molecule has 0 N–H and O–H groups in total. The summed E-state index contributed by atoms with van der Waals surface area (Å²) in [4.78, 5) is 0. The molecule has 1 heteroatoms. The minimum Gasteiger partial charge on any atom is -0.0872 e. The van der Waals surface area contributed by atoms with Crippen LogP contribution in [0.15, 0.2) is 34.8 Å². The lowest BCUT2D eigenvalue weighted by Crippen LogP contribution is -2.02. The molecule has 0 spiro atoms. The highest BCUT2D eigenvalue weighted by atomic mass is 14.3. The van der Waals surface area contributed by atoms with Crippen molar-refractivity contribution >= 4 is 7.28 Å². The third kappa shape index (κ3) is 1.73. The van der Waals surface area contributed by atoms with Crippen molar-refractivity contribution in [3.8, 4) is 0 Å². The summed E-state index contributed by atoms with van der Waals surface area (Å²) in [7, 11) is 2.24. The SMILES string of the molecule is C[B]C1=C2CCCC2=CC(C)(C)C=C1. The largest absolute Gasteiger partial charge is 0.148 e. The van der Waals surface area contributed by atoms with E-state index in [0.29, 0.717) is 0 Å². The van der Waals surface area contributed by atoms with E-state index in [-0.39, 0.29) is 5.41 Å². The zero-order chi connectivity index (χ0) is 10.2. The van der Waals surface area contributed by atoms with Crippen LogP contribution in [0.2, 0.25) is 6.82 Å². The van der Waals surface area contributed by atoms with Crippen LogP contribution in [0.25, 0.3) is 0 Å². The average Bonchev–Trinajstić information content (AvgIpc) is 2.49. The van der Waals surface area contributed by atoms with Gasteiger partial charge in [0, 0.05) is 5.41 Å². The van der Waals surface area contributed by atoms with E-state index >= 15 is 0 Å². The van der Waals surface area contributed by atoms with Gasteiger partial charge in [0.2, 0.25) is 0 Å². The smallest absolute Gasteiger partial charge is 0.0872 e. The molecule has 2 aliphatic rings. The lowest BCUT2D eigenvalue weighted by Gasteiger charge is -2.14. The minimum atomic E-state index is 0.232. The van der Waals surface area contributed by atoms with Crippen LogP contribution in [0.5, 0.6) is 0 Å². The monoisotopic (exact) mass is 185 g/mol. The summed E-state index contributed by atoms with van der Waals surface area (Å²) in [5.74, 6) is 0. The standard InChI is InChI=1S/C13H18B/c1-13(2)8-7-12(14-3)11-6-4-5-10(11)9-13/h7-9H,4-6H2,1-3H3. The lowest BCUT2D eigenvalue weighted by atomic mass is 9.69. The van der Waals surface area contributed by atoms with Crippen molar-refractivity contribution in [3.63, 3.8) is 0 Å². The van der Waals surface area contributed by atoms with Crippen molar-refractivity contribution in [2.75, 3.05) is 0 Å². The average molecular weight is 185 g/mol. The Morgan fingerprint density at radius 2 is 2.07 bits per heavy atom. The second-order valence-corrected chi connectivity index (χ2v) is 4.90. The van der Waals surface area contributed by atoms with Gasteiger partial charge in [-0.15, -0.1) is 0 Å². The first-order valence-corrected chi connectivity index (χ1v) is 5.56. The Kier molecular flexibility index (Phi) is 2.42. The summed E-state index contributed by atoms with van der Waals surface area (Å²) in [5, 5.41) is 0. The molecule has 0 atom stereocenters. The molecule has 73 valence electrons. The fraction of sp³-hybridized carbons (Fsp3) is 0.538. The molecule has 2 rings (SSSR count). The Bertz CT molecular complexity index is 329. The van der Waals surface area contributed by atoms with Gasteiger partial charge in [0.05, 0.1) is 0 Å². The van der Waals surface area contributed by atoms with Crippen molar-refractivity contribution in [2.24, 2.45) is 5.41 Å². The van der Waals surface area contributed by atoms with E-state index < -0.39 is 0 Å². The number of rotatable bonds is 1. The summed E-state index contributed by atoms with van der Waals surface area (Å²) >= 11 is 0. The first kappa shape index (κ1) is 9.83. The molecule has 14 heavy (non-hydrogen) atoms. The van der Waals surface area contributed by atoms with Gasteiger partial charge in [-0.3, -0.25) is 0 Å². The van der Waals surface area contributed by atoms with Gasteiger partial charge in [0.25, 0.3) is 0 Å². The zero-order valence-corrected chi connectivity index (χ0v) is 9.43. The summed E-state index contributed by atoms with van der Waals surface area (Å²) in [6.07, 6.45) is 10.9.